The van der Waals surface area contributed by atoms with Crippen LogP contribution in [0.2, 0.25) is 0 Å². The van der Waals surface area contributed by atoms with E-state index in [9.17, 15) is 14.4 Å². The van der Waals surface area contributed by atoms with Crippen LogP contribution in [-0.2, 0) is 16.1 Å². The summed E-state index contributed by atoms with van der Waals surface area (Å²) < 4.78 is 1.55. The summed E-state index contributed by atoms with van der Waals surface area (Å²) in [6, 6.07) is 24.3. The molecule has 1 heterocycles. The Morgan fingerprint density at radius 1 is 0.971 bits per heavy atom. The van der Waals surface area contributed by atoms with Gasteiger partial charge in [0.05, 0.1) is 22.3 Å². The van der Waals surface area contributed by atoms with Crippen LogP contribution in [0.5, 0.6) is 0 Å². The van der Waals surface area contributed by atoms with Gasteiger partial charge in [-0.2, -0.15) is 0 Å². The predicted molar refractivity (Wildman–Crippen MR) is 138 cm³/mol. The summed E-state index contributed by atoms with van der Waals surface area (Å²) in [4.78, 5) is 44.3. The smallest absolute Gasteiger partial charge is 0.266 e. The lowest BCUT2D eigenvalue weighted by Gasteiger charge is -2.22. The number of carbonyl (C=O) groups excluding carboxylic acids is 2. The van der Waals surface area contributed by atoms with Crippen molar-refractivity contribution >= 4 is 34.5 Å². The van der Waals surface area contributed by atoms with E-state index in [0.29, 0.717) is 28.3 Å². The number of aromatic nitrogens is 2. The molecule has 0 spiro atoms. The lowest BCUT2D eigenvalue weighted by molar-refractivity contribution is -0.129. The second-order valence-electron chi connectivity index (χ2n) is 8.19. The van der Waals surface area contributed by atoms with Gasteiger partial charge in [0, 0.05) is 19.5 Å². The lowest BCUT2D eigenvalue weighted by atomic mass is 10.2. The fourth-order valence-electron chi connectivity index (χ4n) is 3.69. The SMILES string of the molecule is Cc1ccc(-n2c(SCC(=O)N(CCC(N)=O)Cc3ccccc3)nc3ccccc3c2=O)cc1. The number of benzene rings is 3. The number of primary amides is 1. The summed E-state index contributed by atoms with van der Waals surface area (Å²) in [5.41, 5.74) is 8.43. The van der Waals surface area contributed by atoms with Crippen molar-refractivity contribution in [3.63, 3.8) is 0 Å². The number of aryl methyl sites for hydroxylation is 1. The van der Waals surface area contributed by atoms with Gasteiger partial charge in [-0.3, -0.25) is 19.0 Å². The van der Waals surface area contributed by atoms with Gasteiger partial charge in [-0.15, -0.1) is 0 Å². The molecule has 4 rings (SSSR count). The van der Waals surface area contributed by atoms with Crippen molar-refractivity contribution in [3.05, 3.63) is 100 Å². The third kappa shape index (κ3) is 5.96. The van der Waals surface area contributed by atoms with Gasteiger partial charge in [0.2, 0.25) is 11.8 Å². The Morgan fingerprint density at radius 2 is 1.66 bits per heavy atom. The molecule has 0 fully saturated rings. The summed E-state index contributed by atoms with van der Waals surface area (Å²) in [5, 5.41) is 0.941. The molecule has 3 aromatic carbocycles. The fourth-order valence-corrected chi connectivity index (χ4v) is 4.60. The van der Waals surface area contributed by atoms with E-state index in [2.05, 4.69) is 0 Å². The minimum absolute atomic E-state index is 0.0578. The molecule has 0 aliphatic carbocycles. The summed E-state index contributed by atoms with van der Waals surface area (Å²) in [7, 11) is 0. The minimum Gasteiger partial charge on any atom is -0.370 e. The zero-order valence-corrected chi connectivity index (χ0v) is 20.2. The number of fused-ring (bicyclic) bond motifs is 1. The fraction of sp³-hybridized carbons (Fsp3) is 0.185. The van der Waals surface area contributed by atoms with Gasteiger partial charge in [-0.1, -0.05) is 71.9 Å². The first kappa shape index (κ1) is 24.2. The lowest BCUT2D eigenvalue weighted by Crippen LogP contribution is -2.35. The van der Waals surface area contributed by atoms with Crippen molar-refractivity contribution in [2.24, 2.45) is 5.73 Å². The number of nitrogens with zero attached hydrogens (tertiary/aromatic N) is 3. The van der Waals surface area contributed by atoms with Crippen LogP contribution in [0.15, 0.2) is 88.8 Å². The zero-order valence-electron chi connectivity index (χ0n) is 19.4. The second kappa shape index (κ2) is 11.0. The molecule has 0 aliphatic rings. The van der Waals surface area contributed by atoms with Gasteiger partial charge in [0.1, 0.15) is 0 Å². The number of amides is 2. The van der Waals surface area contributed by atoms with E-state index in [0.717, 1.165) is 11.1 Å². The van der Waals surface area contributed by atoms with E-state index in [-0.39, 0.29) is 30.2 Å². The first-order valence-electron chi connectivity index (χ1n) is 11.2. The van der Waals surface area contributed by atoms with Crippen LogP contribution in [0.25, 0.3) is 16.6 Å². The Morgan fingerprint density at radius 3 is 2.37 bits per heavy atom. The van der Waals surface area contributed by atoms with Gasteiger partial charge in [0.25, 0.3) is 5.56 Å². The van der Waals surface area contributed by atoms with Crippen molar-refractivity contribution in [2.75, 3.05) is 12.3 Å². The van der Waals surface area contributed by atoms with E-state index in [4.69, 9.17) is 10.7 Å². The summed E-state index contributed by atoms with van der Waals surface area (Å²) in [6.45, 7) is 2.57. The first-order valence-corrected chi connectivity index (χ1v) is 12.2. The number of carbonyl (C=O) groups is 2. The Labute approximate surface area is 207 Å². The van der Waals surface area contributed by atoms with Gasteiger partial charge in [-0.05, 0) is 36.8 Å². The molecule has 0 aliphatic heterocycles. The molecule has 0 bridgehead atoms. The number of nitrogens with two attached hydrogens (primary N) is 1. The van der Waals surface area contributed by atoms with E-state index >= 15 is 0 Å². The largest absolute Gasteiger partial charge is 0.370 e. The highest BCUT2D eigenvalue weighted by Gasteiger charge is 2.19. The van der Waals surface area contributed by atoms with Gasteiger partial charge < -0.3 is 10.6 Å². The molecule has 8 heteroatoms. The number of hydrogen-bond acceptors (Lipinski definition) is 5. The molecule has 1 aromatic heterocycles. The minimum atomic E-state index is -0.465. The topological polar surface area (TPSA) is 98.3 Å². The van der Waals surface area contributed by atoms with Gasteiger partial charge in [-0.25, -0.2) is 4.98 Å². The second-order valence-corrected chi connectivity index (χ2v) is 9.14. The highest BCUT2D eigenvalue weighted by atomic mass is 32.2. The molecule has 2 amide bonds. The number of para-hydroxylation sites is 1. The number of thioether (sulfide) groups is 1. The molecule has 0 saturated heterocycles. The van der Waals surface area contributed by atoms with Crippen LogP contribution in [-0.4, -0.2) is 38.6 Å². The van der Waals surface area contributed by atoms with Crippen molar-refractivity contribution < 1.29 is 9.59 Å². The zero-order chi connectivity index (χ0) is 24.8. The molecule has 0 unspecified atom stereocenters. The third-order valence-corrected chi connectivity index (χ3v) is 6.48. The Hall–Kier alpha value is -3.91. The highest BCUT2D eigenvalue weighted by molar-refractivity contribution is 7.99. The molecule has 35 heavy (non-hydrogen) atoms. The van der Waals surface area contributed by atoms with Crippen LogP contribution < -0.4 is 11.3 Å². The molecule has 2 N–H and O–H groups in total. The van der Waals surface area contributed by atoms with Gasteiger partial charge in [0.15, 0.2) is 5.16 Å². The average Bonchev–Trinajstić information content (AvgIpc) is 2.86. The monoisotopic (exact) mass is 486 g/mol. The summed E-state index contributed by atoms with van der Waals surface area (Å²) >= 11 is 1.20. The Bertz CT molecular complexity index is 1400. The van der Waals surface area contributed by atoms with Crippen LogP contribution >= 0.6 is 11.8 Å². The molecule has 7 nitrogen and oxygen atoms in total. The maximum absolute atomic E-state index is 13.4. The normalized spacial score (nSPS) is 10.9. The molecular weight excluding hydrogens is 460 g/mol. The standard InChI is InChI=1S/C27H26N4O3S/c1-19-11-13-21(14-12-19)31-26(34)22-9-5-6-10-23(22)29-27(31)35-18-25(33)30(16-15-24(28)32)17-20-7-3-2-4-8-20/h2-14H,15-18H2,1H3,(H2,28,32). The number of hydrogen-bond donors (Lipinski definition) is 1. The Kier molecular flexibility index (Phi) is 7.62. The molecular formula is C27H26N4O3S. The van der Waals surface area contributed by atoms with Crippen LogP contribution in [0.4, 0.5) is 0 Å². The predicted octanol–water partition coefficient (Wildman–Crippen LogP) is 3.69. The maximum atomic E-state index is 13.4. The van der Waals surface area contributed by atoms with Crippen LogP contribution in [0.3, 0.4) is 0 Å². The highest BCUT2D eigenvalue weighted by Crippen LogP contribution is 2.22. The van der Waals surface area contributed by atoms with Crippen molar-refractivity contribution in [1.82, 2.24) is 14.5 Å². The summed E-state index contributed by atoms with van der Waals surface area (Å²) in [6.07, 6.45) is 0.0749. The van der Waals surface area contributed by atoms with E-state index in [1.165, 1.54) is 11.8 Å². The van der Waals surface area contributed by atoms with Crippen molar-refractivity contribution in [1.29, 1.82) is 0 Å². The molecule has 0 radical (unpaired) electrons. The van der Waals surface area contributed by atoms with Crippen molar-refractivity contribution in [3.8, 4) is 5.69 Å². The molecule has 178 valence electrons. The third-order valence-electron chi connectivity index (χ3n) is 5.56. The van der Waals surface area contributed by atoms with E-state index in [1.54, 1.807) is 27.7 Å². The Balaban J connectivity index is 1.64. The van der Waals surface area contributed by atoms with Gasteiger partial charge >= 0.3 is 0 Å². The van der Waals surface area contributed by atoms with Crippen LogP contribution in [0.1, 0.15) is 17.5 Å². The first-order chi connectivity index (χ1) is 16.9. The number of rotatable bonds is 9. The quantitative estimate of drug-likeness (QED) is 0.287. The van der Waals surface area contributed by atoms with Crippen LogP contribution in [0, 0.1) is 6.92 Å². The van der Waals surface area contributed by atoms with Crippen molar-refractivity contribution in [2.45, 2.75) is 25.0 Å². The maximum Gasteiger partial charge on any atom is 0.266 e. The van der Waals surface area contributed by atoms with E-state index < -0.39 is 5.91 Å². The molecule has 0 atom stereocenters. The molecule has 0 saturated carbocycles. The van der Waals surface area contributed by atoms with E-state index in [1.807, 2.05) is 67.6 Å². The summed E-state index contributed by atoms with van der Waals surface area (Å²) in [5.74, 6) is -0.576. The molecule has 4 aromatic rings. The average molecular weight is 487 g/mol.